The molecule has 0 amide bonds. The molecule has 2 aliphatic rings. The third-order valence-electron chi connectivity index (χ3n) is 2.37. The minimum Gasteiger partial charge on any atom is -0.321 e. The van der Waals surface area contributed by atoms with Gasteiger partial charge < -0.3 is 14.2 Å². The van der Waals surface area contributed by atoms with E-state index in [1.807, 2.05) is 30.3 Å². The summed E-state index contributed by atoms with van der Waals surface area (Å²) in [5, 5.41) is 0. The molecule has 3 heteroatoms. The molecule has 0 N–H and O–H groups in total. The van der Waals surface area contributed by atoms with Crippen LogP contribution in [-0.4, -0.2) is 19.3 Å². The van der Waals surface area contributed by atoms with E-state index >= 15 is 0 Å². The van der Waals surface area contributed by atoms with Gasteiger partial charge in [-0.2, -0.15) is 0 Å². The van der Waals surface area contributed by atoms with Gasteiger partial charge in [-0.25, -0.2) is 0 Å². The van der Waals surface area contributed by atoms with Crippen molar-refractivity contribution in [2.24, 2.45) is 0 Å². The second-order valence-electron chi connectivity index (χ2n) is 3.28. The van der Waals surface area contributed by atoms with E-state index < -0.39 is 5.97 Å². The zero-order valence-electron chi connectivity index (χ0n) is 7.10. The zero-order chi connectivity index (χ0) is 8.73. The van der Waals surface area contributed by atoms with Gasteiger partial charge in [-0.1, -0.05) is 30.3 Å². The third kappa shape index (κ3) is 1.01. The molecule has 0 atom stereocenters. The van der Waals surface area contributed by atoms with Crippen LogP contribution in [0, 0.1) is 0 Å². The van der Waals surface area contributed by atoms with E-state index in [0.717, 1.165) is 5.56 Å². The Hall–Kier alpha value is -0.900. The minimum absolute atomic E-state index is 0.111. The van der Waals surface area contributed by atoms with Gasteiger partial charge >= 0.3 is 5.97 Å². The van der Waals surface area contributed by atoms with Crippen molar-refractivity contribution in [1.82, 2.24) is 0 Å². The SMILES string of the molecule is c1ccc(C23OCC(CO2)O3)cc1. The van der Waals surface area contributed by atoms with Gasteiger partial charge in [-0.15, -0.1) is 0 Å². The van der Waals surface area contributed by atoms with Crippen LogP contribution in [-0.2, 0) is 20.2 Å². The summed E-state index contributed by atoms with van der Waals surface area (Å²) in [6.45, 7) is 1.27. The normalized spacial score (nSPS) is 36.8. The van der Waals surface area contributed by atoms with Crippen molar-refractivity contribution in [3.8, 4) is 0 Å². The van der Waals surface area contributed by atoms with Gasteiger partial charge in [0.25, 0.3) is 0 Å². The van der Waals surface area contributed by atoms with Crippen LogP contribution in [0.25, 0.3) is 0 Å². The smallest absolute Gasteiger partial charge is 0.312 e. The molecule has 13 heavy (non-hydrogen) atoms. The average molecular weight is 178 g/mol. The third-order valence-corrected chi connectivity index (χ3v) is 2.37. The summed E-state index contributed by atoms with van der Waals surface area (Å²) >= 11 is 0. The van der Waals surface area contributed by atoms with Gasteiger partial charge in [0, 0.05) is 5.56 Å². The molecular weight excluding hydrogens is 168 g/mol. The maximum atomic E-state index is 5.60. The van der Waals surface area contributed by atoms with Crippen molar-refractivity contribution in [2.75, 3.05) is 13.2 Å². The lowest BCUT2D eigenvalue weighted by Gasteiger charge is -2.23. The van der Waals surface area contributed by atoms with E-state index in [1.165, 1.54) is 0 Å². The highest BCUT2D eigenvalue weighted by Crippen LogP contribution is 2.40. The van der Waals surface area contributed by atoms with Crippen LogP contribution < -0.4 is 0 Å². The summed E-state index contributed by atoms with van der Waals surface area (Å²) in [5.41, 5.74) is 0.940. The van der Waals surface area contributed by atoms with Crippen LogP contribution in [0.2, 0.25) is 0 Å². The first kappa shape index (κ1) is 7.50. The molecule has 0 radical (unpaired) electrons. The zero-order valence-corrected chi connectivity index (χ0v) is 7.10. The summed E-state index contributed by atoms with van der Waals surface area (Å²) in [6, 6.07) is 9.76. The Balaban J connectivity index is 2.00. The van der Waals surface area contributed by atoms with Crippen LogP contribution in [0.4, 0.5) is 0 Å². The van der Waals surface area contributed by atoms with Gasteiger partial charge in [0.05, 0.1) is 13.2 Å². The summed E-state index contributed by atoms with van der Waals surface area (Å²) in [6.07, 6.45) is 0.111. The van der Waals surface area contributed by atoms with E-state index in [0.29, 0.717) is 13.2 Å². The Morgan fingerprint density at radius 3 is 2.31 bits per heavy atom. The van der Waals surface area contributed by atoms with Crippen LogP contribution in [0.15, 0.2) is 30.3 Å². The van der Waals surface area contributed by atoms with E-state index in [1.54, 1.807) is 0 Å². The first-order chi connectivity index (χ1) is 6.39. The molecular formula is C10H10O3. The molecule has 2 saturated heterocycles. The van der Waals surface area contributed by atoms with Crippen LogP contribution in [0.3, 0.4) is 0 Å². The number of fused-ring (bicyclic) bond motifs is 2. The molecule has 2 fully saturated rings. The Labute approximate surface area is 76.2 Å². The van der Waals surface area contributed by atoms with Crippen LogP contribution in [0.1, 0.15) is 5.56 Å². The molecule has 68 valence electrons. The topological polar surface area (TPSA) is 27.7 Å². The van der Waals surface area contributed by atoms with Crippen LogP contribution >= 0.6 is 0 Å². The Kier molecular flexibility index (Phi) is 1.47. The molecule has 0 unspecified atom stereocenters. The number of ether oxygens (including phenoxy) is 3. The fourth-order valence-electron chi connectivity index (χ4n) is 1.73. The average Bonchev–Trinajstić information content (AvgIpc) is 2.80. The predicted molar refractivity (Wildman–Crippen MR) is 44.9 cm³/mol. The van der Waals surface area contributed by atoms with E-state index in [-0.39, 0.29) is 6.10 Å². The second kappa shape index (κ2) is 2.54. The fourth-order valence-corrected chi connectivity index (χ4v) is 1.73. The second-order valence-corrected chi connectivity index (χ2v) is 3.28. The van der Waals surface area contributed by atoms with E-state index in [9.17, 15) is 0 Å². The summed E-state index contributed by atoms with van der Waals surface area (Å²) in [4.78, 5) is 0. The van der Waals surface area contributed by atoms with Crippen molar-refractivity contribution in [1.29, 1.82) is 0 Å². The molecule has 2 bridgehead atoms. The van der Waals surface area contributed by atoms with Gasteiger partial charge in [0.1, 0.15) is 6.10 Å². The summed E-state index contributed by atoms with van der Waals surface area (Å²) in [5.74, 6) is -0.897. The van der Waals surface area contributed by atoms with Gasteiger partial charge in [-0.3, -0.25) is 0 Å². The number of rotatable bonds is 1. The summed E-state index contributed by atoms with van der Waals surface area (Å²) in [7, 11) is 0. The van der Waals surface area contributed by atoms with Crippen molar-refractivity contribution in [3.63, 3.8) is 0 Å². The highest BCUT2D eigenvalue weighted by Gasteiger charge is 2.50. The Morgan fingerprint density at radius 1 is 1.08 bits per heavy atom. The molecule has 1 aromatic rings. The van der Waals surface area contributed by atoms with Crippen molar-refractivity contribution < 1.29 is 14.2 Å². The maximum absolute atomic E-state index is 5.60. The van der Waals surface area contributed by atoms with Crippen LogP contribution in [0.5, 0.6) is 0 Å². The van der Waals surface area contributed by atoms with E-state index in [2.05, 4.69) is 0 Å². The van der Waals surface area contributed by atoms with Gasteiger partial charge in [0.2, 0.25) is 0 Å². The monoisotopic (exact) mass is 178 g/mol. The lowest BCUT2D eigenvalue weighted by molar-refractivity contribution is -0.309. The first-order valence-corrected chi connectivity index (χ1v) is 4.40. The molecule has 2 heterocycles. The van der Waals surface area contributed by atoms with E-state index in [4.69, 9.17) is 14.2 Å². The molecule has 0 saturated carbocycles. The van der Waals surface area contributed by atoms with Crippen molar-refractivity contribution in [3.05, 3.63) is 35.9 Å². The lowest BCUT2D eigenvalue weighted by Crippen LogP contribution is -2.28. The standard InChI is InChI=1S/C10H10O3/c1-2-4-8(5-3-1)10-11-6-9(13-10)7-12-10/h1-5,9H,6-7H2. The Bertz CT molecular complexity index is 301. The molecule has 2 aliphatic heterocycles. The van der Waals surface area contributed by atoms with Gasteiger partial charge in [0.15, 0.2) is 0 Å². The molecule has 0 spiro atoms. The Morgan fingerprint density at radius 2 is 1.77 bits per heavy atom. The number of benzene rings is 1. The van der Waals surface area contributed by atoms with Crippen molar-refractivity contribution in [2.45, 2.75) is 12.1 Å². The molecule has 0 aliphatic carbocycles. The predicted octanol–water partition coefficient (Wildman–Crippen LogP) is 1.24. The maximum Gasteiger partial charge on any atom is 0.312 e. The largest absolute Gasteiger partial charge is 0.321 e. The summed E-state index contributed by atoms with van der Waals surface area (Å²) < 4.78 is 16.6. The van der Waals surface area contributed by atoms with Crippen molar-refractivity contribution >= 4 is 0 Å². The highest BCUT2D eigenvalue weighted by molar-refractivity contribution is 5.19. The number of hydrogen-bond acceptors (Lipinski definition) is 3. The molecule has 3 rings (SSSR count). The number of hydrogen-bond donors (Lipinski definition) is 0. The lowest BCUT2D eigenvalue weighted by atomic mass is 10.2. The molecule has 3 nitrogen and oxygen atoms in total. The quantitative estimate of drug-likeness (QED) is 0.647. The van der Waals surface area contributed by atoms with Gasteiger partial charge in [-0.05, 0) is 0 Å². The fraction of sp³-hybridized carbons (Fsp3) is 0.400. The molecule has 1 aromatic carbocycles. The minimum atomic E-state index is -0.897. The highest BCUT2D eigenvalue weighted by atomic mass is 16.9. The molecule has 0 aromatic heterocycles. The first-order valence-electron chi connectivity index (χ1n) is 4.40.